The number of methoxy groups -OCH3 is 1. The van der Waals surface area contributed by atoms with Gasteiger partial charge < -0.3 is 15.4 Å². The van der Waals surface area contributed by atoms with Crippen molar-refractivity contribution in [3.63, 3.8) is 0 Å². The third kappa shape index (κ3) is 3.19. The van der Waals surface area contributed by atoms with Crippen LogP contribution in [-0.2, 0) is 4.74 Å². The van der Waals surface area contributed by atoms with E-state index in [9.17, 15) is 0 Å². The van der Waals surface area contributed by atoms with Gasteiger partial charge in [-0.05, 0) is 50.7 Å². The summed E-state index contributed by atoms with van der Waals surface area (Å²) in [5.41, 5.74) is 0.387. The highest BCUT2D eigenvalue weighted by atomic mass is 16.5. The van der Waals surface area contributed by atoms with E-state index in [1.807, 2.05) is 7.11 Å². The molecule has 0 aromatic carbocycles. The zero-order valence-electron chi connectivity index (χ0n) is 10.7. The van der Waals surface area contributed by atoms with E-state index < -0.39 is 0 Å². The van der Waals surface area contributed by atoms with Crippen LogP contribution in [0.15, 0.2) is 0 Å². The number of rotatable bonds is 6. The average molecular weight is 226 g/mol. The van der Waals surface area contributed by atoms with E-state index in [0.29, 0.717) is 5.41 Å². The summed E-state index contributed by atoms with van der Waals surface area (Å²) >= 11 is 0. The van der Waals surface area contributed by atoms with Gasteiger partial charge in [0.15, 0.2) is 0 Å². The van der Waals surface area contributed by atoms with Crippen LogP contribution in [0.4, 0.5) is 0 Å². The van der Waals surface area contributed by atoms with Gasteiger partial charge in [-0.25, -0.2) is 0 Å². The number of piperidine rings is 1. The summed E-state index contributed by atoms with van der Waals surface area (Å²) in [6, 6.07) is 0. The quantitative estimate of drug-likeness (QED) is 0.715. The molecular weight excluding hydrogens is 200 g/mol. The minimum atomic E-state index is 0.387. The van der Waals surface area contributed by atoms with Gasteiger partial charge in [0.05, 0.1) is 6.61 Å². The summed E-state index contributed by atoms with van der Waals surface area (Å²) in [7, 11) is 1.83. The maximum Gasteiger partial charge on any atom is 0.0531 e. The van der Waals surface area contributed by atoms with Crippen molar-refractivity contribution in [2.24, 2.45) is 17.3 Å². The van der Waals surface area contributed by atoms with E-state index in [2.05, 4.69) is 17.6 Å². The Labute approximate surface area is 99.3 Å². The van der Waals surface area contributed by atoms with E-state index in [-0.39, 0.29) is 0 Å². The van der Waals surface area contributed by atoms with Crippen molar-refractivity contribution in [3.8, 4) is 0 Å². The van der Waals surface area contributed by atoms with Crippen LogP contribution in [0.25, 0.3) is 0 Å². The second-order valence-electron chi connectivity index (χ2n) is 5.79. The molecule has 3 heteroatoms. The Kier molecular flexibility index (Phi) is 4.22. The molecule has 16 heavy (non-hydrogen) atoms. The van der Waals surface area contributed by atoms with Crippen LogP contribution < -0.4 is 10.6 Å². The van der Waals surface area contributed by atoms with Gasteiger partial charge in [0.2, 0.25) is 0 Å². The third-order valence-electron chi connectivity index (χ3n) is 4.30. The molecular formula is C13H26N2O. The van der Waals surface area contributed by atoms with Gasteiger partial charge in [-0.2, -0.15) is 0 Å². The molecule has 2 fully saturated rings. The molecule has 1 saturated carbocycles. The molecule has 1 saturated heterocycles. The first-order chi connectivity index (χ1) is 7.76. The Morgan fingerprint density at radius 3 is 2.62 bits per heavy atom. The highest BCUT2D eigenvalue weighted by Crippen LogP contribution is 2.37. The van der Waals surface area contributed by atoms with Gasteiger partial charge in [-0.15, -0.1) is 0 Å². The van der Waals surface area contributed by atoms with Crippen LogP contribution >= 0.6 is 0 Å². The van der Waals surface area contributed by atoms with Gasteiger partial charge in [0.25, 0.3) is 0 Å². The normalized spacial score (nSPS) is 32.6. The molecule has 0 bridgehead atoms. The molecule has 0 radical (unpaired) electrons. The standard InChI is InChI=1S/C13H26N2O/c1-11-7-12(11)8-15-9-13(10-16-2)3-5-14-6-4-13/h11-12,14-15H,3-10H2,1-2H3. The predicted octanol–water partition coefficient (Wildman–Crippen LogP) is 1.25. The largest absolute Gasteiger partial charge is 0.384 e. The van der Waals surface area contributed by atoms with E-state index in [4.69, 9.17) is 4.74 Å². The second-order valence-corrected chi connectivity index (χ2v) is 5.79. The summed E-state index contributed by atoms with van der Waals surface area (Å²) < 4.78 is 5.41. The summed E-state index contributed by atoms with van der Waals surface area (Å²) in [6.07, 6.45) is 3.91. The minimum Gasteiger partial charge on any atom is -0.384 e. The third-order valence-corrected chi connectivity index (χ3v) is 4.30. The summed E-state index contributed by atoms with van der Waals surface area (Å²) in [4.78, 5) is 0. The van der Waals surface area contributed by atoms with Crippen LogP contribution in [0.1, 0.15) is 26.2 Å². The predicted molar refractivity (Wildman–Crippen MR) is 66.6 cm³/mol. The van der Waals surface area contributed by atoms with Crippen LogP contribution in [0.2, 0.25) is 0 Å². The lowest BCUT2D eigenvalue weighted by Gasteiger charge is -2.37. The fourth-order valence-corrected chi connectivity index (χ4v) is 2.84. The van der Waals surface area contributed by atoms with Crippen LogP contribution in [0.3, 0.4) is 0 Å². The van der Waals surface area contributed by atoms with Crippen LogP contribution in [-0.4, -0.2) is 39.9 Å². The number of nitrogens with one attached hydrogen (secondary N) is 2. The highest BCUT2D eigenvalue weighted by molar-refractivity contribution is 4.89. The summed E-state index contributed by atoms with van der Waals surface area (Å²) in [6.45, 7) is 7.88. The minimum absolute atomic E-state index is 0.387. The lowest BCUT2D eigenvalue weighted by Crippen LogP contribution is -2.46. The monoisotopic (exact) mass is 226 g/mol. The maximum absolute atomic E-state index is 5.41. The zero-order chi connectivity index (χ0) is 11.4. The van der Waals surface area contributed by atoms with Crippen molar-refractivity contribution in [3.05, 3.63) is 0 Å². The smallest absolute Gasteiger partial charge is 0.0531 e. The fourth-order valence-electron chi connectivity index (χ4n) is 2.84. The molecule has 0 amide bonds. The van der Waals surface area contributed by atoms with Gasteiger partial charge in [-0.3, -0.25) is 0 Å². The first-order valence-corrected chi connectivity index (χ1v) is 6.66. The van der Waals surface area contributed by atoms with Crippen molar-refractivity contribution < 1.29 is 4.74 Å². The second kappa shape index (κ2) is 5.48. The van der Waals surface area contributed by atoms with Gasteiger partial charge in [0, 0.05) is 19.1 Å². The molecule has 1 aliphatic heterocycles. The zero-order valence-corrected chi connectivity index (χ0v) is 10.7. The molecule has 2 rings (SSSR count). The molecule has 1 heterocycles. The molecule has 2 N–H and O–H groups in total. The van der Waals surface area contributed by atoms with Crippen molar-refractivity contribution in [1.29, 1.82) is 0 Å². The van der Waals surface area contributed by atoms with Crippen molar-refractivity contribution in [2.75, 3.05) is 39.9 Å². The highest BCUT2D eigenvalue weighted by Gasteiger charge is 2.35. The Bertz CT molecular complexity index is 208. The average Bonchev–Trinajstić information content (AvgIpc) is 2.96. The Morgan fingerprint density at radius 2 is 2.06 bits per heavy atom. The van der Waals surface area contributed by atoms with Gasteiger partial charge in [0.1, 0.15) is 0 Å². The van der Waals surface area contributed by atoms with E-state index in [1.54, 1.807) is 0 Å². The Balaban J connectivity index is 1.72. The van der Waals surface area contributed by atoms with Crippen molar-refractivity contribution in [1.82, 2.24) is 10.6 Å². The molecule has 1 aliphatic carbocycles. The molecule has 2 unspecified atom stereocenters. The molecule has 2 atom stereocenters. The summed E-state index contributed by atoms with van der Waals surface area (Å²) in [5.74, 6) is 1.90. The van der Waals surface area contributed by atoms with Gasteiger partial charge >= 0.3 is 0 Å². The fraction of sp³-hybridized carbons (Fsp3) is 1.00. The maximum atomic E-state index is 5.41. The molecule has 3 nitrogen and oxygen atoms in total. The van der Waals surface area contributed by atoms with Crippen molar-refractivity contribution >= 4 is 0 Å². The van der Waals surface area contributed by atoms with E-state index in [0.717, 1.165) is 38.1 Å². The van der Waals surface area contributed by atoms with Crippen molar-refractivity contribution in [2.45, 2.75) is 26.2 Å². The number of hydrogen-bond acceptors (Lipinski definition) is 3. The van der Waals surface area contributed by atoms with Crippen LogP contribution in [0, 0.1) is 17.3 Å². The van der Waals surface area contributed by atoms with Crippen LogP contribution in [0.5, 0.6) is 0 Å². The van der Waals surface area contributed by atoms with Gasteiger partial charge in [-0.1, -0.05) is 6.92 Å². The van der Waals surface area contributed by atoms with E-state index >= 15 is 0 Å². The first-order valence-electron chi connectivity index (χ1n) is 6.66. The SMILES string of the molecule is COCC1(CNCC2CC2C)CCNCC1. The molecule has 94 valence electrons. The first kappa shape index (κ1) is 12.3. The van der Waals surface area contributed by atoms with E-state index in [1.165, 1.54) is 25.8 Å². The number of hydrogen-bond donors (Lipinski definition) is 2. The Hall–Kier alpha value is -0.120. The molecule has 0 aromatic rings. The lowest BCUT2D eigenvalue weighted by atomic mass is 9.79. The topological polar surface area (TPSA) is 33.3 Å². The lowest BCUT2D eigenvalue weighted by molar-refractivity contribution is 0.0535. The Morgan fingerprint density at radius 1 is 1.38 bits per heavy atom. The molecule has 2 aliphatic rings. The molecule has 0 spiro atoms. The number of ether oxygens (including phenoxy) is 1. The summed E-state index contributed by atoms with van der Waals surface area (Å²) in [5, 5.41) is 7.10. The molecule has 0 aromatic heterocycles.